The largest absolute Gasteiger partial charge is 0.382 e. The molecular formula is C26H29N2O+. The first kappa shape index (κ1) is 18.5. The highest BCUT2D eigenvalue weighted by Crippen LogP contribution is 2.47. The Morgan fingerprint density at radius 3 is 2.72 bits per heavy atom. The standard InChI is InChI=1S/C26H29N2O/c1-2-20-18-28(17-19-8-4-3-5-9-19)15-13-21(20)16-25(28)26(29)23-12-14-27-24-11-7-6-10-22(23)24/h2-12,14,20-21,25-26,29H,1,13,15-18H2/q+1/t20-,21-,25-,26-,28+/m0/s1. The van der Waals surface area contributed by atoms with Crippen molar-refractivity contribution in [2.24, 2.45) is 11.8 Å². The minimum atomic E-state index is -0.486. The summed E-state index contributed by atoms with van der Waals surface area (Å²) in [6, 6.07) is 21.2. The summed E-state index contributed by atoms with van der Waals surface area (Å²) in [6.45, 7) is 7.32. The summed E-state index contributed by atoms with van der Waals surface area (Å²) in [5.41, 5.74) is 3.33. The van der Waals surface area contributed by atoms with E-state index in [0.717, 1.165) is 47.0 Å². The van der Waals surface area contributed by atoms with Crippen LogP contribution in [-0.2, 0) is 6.54 Å². The Bertz CT molecular complexity index is 1010. The van der Waals surface area contributed by atoms with E-state index in [4.69, 9.17) is 0 Å². The van der Waals surface area contributed by atoms with Crippen LogP contribution in [0.1, 0.15) is 30.1 Å². The van der Waals surface area contributed by atoms with Crippen LogP contribution < -0.4 is 0 Å². The molecule has 4 heterocycles. The molecule has 0 radical (unpaired) electrons. The van der Waals surface area contributed by atoms with E-state index in [0.29, 0.717) is 11.8 Å². The molecule has 3 nitrogen and oxygen atoms in total. The van der Waals surface area contributed by atoms with Crippen molar-refractivity contribution < 1.29 is 9.59 Å². The number of aromatic nitrogens is 1. The molecular weight excluding hydrogens is 356 g/mol. The van der Waals surface area contributed by atoms with E-state index in [1.807, 2.05) is 30.5 Å². The maximum atomic E-state index is 11.7. The topological polar surface area (TPSA) is 33.1 Å². The molecule has 3 aliphatic heterocycles. The van der Waals surface area contributed by atoms with Crippen molar-refractivity contribution in [1.82, 2.24) is 4.98 Å². The molecule has 3 aromatic rings. The molecule has 2 bridgehead atoms. The molecule has 3 aliphatic rings. The number of aliphatic hydroxyl groups excluding tert-OH is 1. The van der Waals surface area contributed by atoms with Crippen LogP contribution in [0.5, 0.6) is 0 Å². The number of hydrogen-bond acceptors (Lipinski definition) is 2. The molecule has 3 heteroatoms. The van der Waals surface area contributed by atoms with Gasteiger partial charge in [0.2, 0.25) is 0 Å². The Labute approximate surface area is 172 Å². The van der Waals surface area contributed by atoms with Crippen molar-refractivity contribution in [3.63, 3.8) is 0 Å². The summed E-state index contributed by atoms with van der Waals surface area (Å²) in [5.74, 6) is 1.18. The van der Waals surface area contributed by atoms with Gasteiger partial charge in [0.15, 0.2) is 0 Å². The lowest BCUT2D eigenvalue weighted by Crippen LogP contribution is -2.67. The summed E-state index contributed by atoms with van der Waals surface area (Å²) >= 11 is 0. The summed E-state index contributed by atoms with van der Waals surface area (Å²) in [6.07, 6.45) is 5.79. The lowest BCUT2D eigenvalue weighted by atomic mass is 9.71. The van der Waals surface area contributed by atoms with Gasteiger partial charge in [-0.1, -0.05) is 54.6 Å². The maximum absolute atomic E-state index is 11.7. The second kappa shape index (κ2) is 7.40. The number of pyridine rings is 1. The van der Waals surface area contributed by atoms with Crippen LogP contribution in [-0.4, -0.2) is 33.7 Å². The van der Waals surface area contributed by atoms with E-state index in [1.54, 1.807) is 0 Å². The third-order valence-electron chi connectivity index (χ3n) is 7.38. The van der Waals surface area contributed by atoms with Gasteiger partial charge in [0, 0.05) is 35.9 Å². The normalized spacial score (nSPS) is 29.6. The molecule has 148 valence electrons. The van der Waals surface area contributed by atoms with Gasteiger partial charge >= 0.3 is 0 Å². The zero-order valence-electron chi connectivity index (χ0n) is 16.8. The average molecular weight is 386 g/mol. The number of aliphatic hydroxyl groups is 1. The van der Waals surface area contributed by atoms with Crippen molar-refractivity contribution in [1.29, 1.82) is 0 Å². The predicted octanol–water partition coefficient (Wildman–Crippen LogP) is 4.88. The maximum Gasteiger partial charge on any atom is 0.131 e. The number of rotatable bonds is 5. The molecule has 29 heavy (non-hydrogen) atoms. The fourth-order valence-corrected chi connectivity index (χ4v) is 5.91. The Balaban J connectivity index is 1.56. The van der Waals surface area contributed by atoms with E-state index in [-0.39, 0.29) is 6.04 Å². The Morgan fingerprint density at radius 1 is 1.10 bits per heavy atom. The first-order chi connectivity index (χ1) is 14.2. The molecule has 2 aromatic carbocycles. The molecule has 0 saturated carbocycles. The highest BCUT2D eigenvalue weighted by Gasteiger charge is 2.53. The summed E-state index contributed by atoms with van der Waals surface area (Å²) in [7, 11) is 0. The minimum Gasteiger partial charge on any atom is -0.382 e. The second-order valence-electron chi connectivity index (χ2n) is 8.88. The third-order valence-corrected chi connectivity index (χ3v) is 7.38. The van der Waals surface area contributed by atoms with Gasteiger partial charge < -0.3 is 9.59 Å². The van der Waals surface area contributed by atoms with Gasteiger partial charge in [0.25, 0.3) is 0 Å². The number of nitrogens with zero attached hydrogens (tertiary/aromatic N) is 2. The van der Waals surface area contributed by atoms with E-state index < -0.39 is 6.10 Å². The quantitative estimate of drug-likeness (QED) is 0.502. The predicted molar refractivity (Wildman–Crippen MR) is 117 cm³/mol. The van der Waals surface area contributed by atoms with Crippen LogP contribution in [0.2, 0.25) is 0 Å². The Hall–Kier alpha value is -2.49. The highest BCUT2D eigenvalue weighted by molar-refractivity contribution is 5.82. The smallest absolute Gasteiger partial charge is 0.131 e. The molecule has 1 aromatic heterocycles. The fraction of sp³-hybridized carbons (Fsp3) is 0.346. The third kappa shape index (κ3) is 3.19. The first-order valence-corrected chi connectivity index (χ1v) is 10.7. The van der Waals surface area contributed by atoms with Crippen molar-refractivity contribution in [3.8, 4) is 0 Å². The van der Waals surface area contributed by atoms with Crippen molar-refractivity contribution >= 4 is 10.9 Å². The summed E-state index contributed by atoms with van der Waals surface area (Å²) < 4.78 is 0.953. The fourth-order valence-electron chi connectivity index (χ4n) is 5.91. The van der Waals surface area contributed by atoms with Crippen LogP contribution in [0.4, 0.5) is 0 Å². The lowest BCUT2D eigenvalue weighted by Gasteiger charge is -2.58. The van der Waals surface area contributed by atoms with Crippen LogP contribution >= 0.6 is 0 Å². The number of piperidine rings is 3. The molecule has 0 aliphatic carbocycles. The number of para-hydroxylation sites is 1. The number of fused-ring (bicyclic) bond motifs is 4. The average Bonchev–Trinajstić information content (AvgIpc) is 2.78. The first-order valence-electron chi connectivity index (χ1n) is 10.7. The van der Waals surface area contributed by atoms with Gasteiger partial charge in [-0.3, -0.25) is 4.98 Å². The van der Waals surface area contributed by atoms with Crippen LogP contribution in [0.3, 0.4) is 0 Å². The van der Waals surface area contributed by atoms with Gasteiger partial charge in [-0.05, 0) is 23.6 Å². The Kier molecular flexibility index (Phi) is 4.73. The number of hydrogen-bond donors (Lipinski definition) is 1. The zero-order valence-corrected chi connectivity index (χ0v) is 16.8. The van der Waals surface area contributed by atoms with Gasteiger partial charge in [0.05, 0.1) is 18.6 Å². The van der Waals surface area contributed by atoms with Crippen molar-refractivity contribution in [3.05, 3.63) is 90.6 Å². The van der Waals surface area contributed by atoms with E-state index in [9.17, 15) is 5.11 Å². The number of quaternary nitrogens is 1. The minimum absolute atomic E-state index is 0.205. The zero-order chi connectivity index (χ0) is 19.8. The molecule has 0 spiro atoms. The molecule has 6 rings (SSSR count). The number of benzene rings is 2. The van der Waals surface area contributed by atoms with Crippen LogP contribution in [0.25, 0.3) is 10.9 Å². The van der Waals surface area contributed by atoms with Gasteiger partial charge in [-0.25, -0.2) is 0 Å². The van der Waals surface area contributed by atoms with Crippen LogP contribution in [0.15, 0.2) is 79.5 Å². The molecule has 0 amide bonds. The van der Waals surface area contributed by atoms with Gasteiger partial charge in [-0.15, -0.1) is 6.58 Å². The molecule has 5 atom stereocenters. The van der Waals surface area contributed by atoms with E-state index in [1.165, 1.54) is 12.0 Å². The summed E-state index contributed by atoms with van der Waals surface area (Å²) in [4.78, 5) is 4.50. The van der Waals surface area contributed by atoms with Crippen LogP contribution in [0, 0.1) is 11.8 Å². The Morgan fingerprint density at radius 2 is 1.90 bits per heavy atom. The monoisotopic (exact) mass is 385 g/mol. The molecule has 3 saturated heterocycles. The van der Waals surface area contributed by atoms with Gasteiger partial charge in [0.1, 0.15) is 18.7 Å². The highest BCUT2D eigenvalue weighted by atomic mass is 16.3. The van der Waals surface area contributed by atoms with E-state index in [2.05, 4.69) is 54.0 Å². The molecule has 3 fully saturated rings. The second-order valence-corrected chi connectivity index (χ2v) is 8.88. The lowest BCUT2D eigenvalue weighted by molar-refractivity contribution is -0.984. The van der Waals surface area contributed by atoms with Crippen molar-refractivity contribution in [2.45, 2.75) is 31.5 Å². The van der Waals surface area contributed by atoms with E-state index >= 15 is 0 Å². The summed E-state index contributed by atoms with van der Waals surface area (Å²) in [5, 5.41) is 12.8. The molecule has 1 N–H and O–H groups in total. The van der Waals surface area contributed by atoms with Gasteiger partial charge in [-0.2, -0.15) is 0 Å². The van der Waals surface area contributed by atoms with Crippen molar-refractivity contribution in [2.75, 3.05) is 13.1 Å². The molecule has 0 unspecified atom stereocenters. The SMILES string of the molecule is C=C[C@H]1C[N@+]2(Cc3ccccc3)CC[C@H]1C[C@H]2[C@@H](O)c1ccnc2ccccc12.